The molecule has 2 amide bonds. The van der Waals surface area contributed by atoms with E-state index < -0.39 is 0 Å². The third-order valence-electron chi connectivity index (χ3n) is 8.08. The van der Waals surface area contributed by atoms with E-state index in [0.717, 1.165) is 67.5 Å². The van der Waals surface area contributed by atoms with Crippen LogP contribution in [0.1, 0.15) is 36.9 Å². The number of rotatable bonds is 3. The minimum Gasteiger partial charge on any atom is -0.328 e. The summed E-state index contributed by atoms with van der Waals surface area (Å²) in [6, 6.07) is 23.0. The third-order valence-corrected chi connectivity index (χ3v) is 8.08. The van der Waals surface area contributed by atoms with E-state index in [-0.39, 0.29) is 17.0 Å². The molecule has 1 saturated heterocycles. The summed E-state index contributed by atoms with van der Waals surface area (Å²) in [4.78, 5) is 19.9. The number of nitrogens with zero attached hydrogens (tertiary/aromatic N) is 4. The number of aryl methyl sites for hydroxylation is 1. The minimum atomic E-state index is -0.179. The standard InChI is InChI=1S/C28H27N5O/c34-26(30-28(10-11-28)22-7-2-1-3-8-22)32-14-12-27(19-32)13-15-33-25(27)17-24(31-33)21-16-20-6-4-5-9-23(20)29-18-21/h1-9,16-18H,10-15,19H2,(H,30,34). The van der Waals surface area contributed by atoms with Crippen LogP contribution < -0.4 is 5.32 Å². The highest BCUT2D eigenvalue weighted by molar-refractivity contribution is 5.83. The van der Waals surface area contributed by atoms with E-state index in [1.54, 1.807) is 0 Å². The number of carbonyl (C=O) groups is 1. The van der Waals surface area contributed by atoms with Crippen molar-refractivity contribution in [3.63, 3.8) is 0 Å². The number of hydrogen-bond donors (Lipinski definition) is 1. The highest BCUT2D eigenvalue weighted by atomic mass is 16.2. The molecule has 2 aromatic carbocycles. The lowest BCUT2D eigenvalue weighted by atomic mass is 9.82. The summed E-state index contributed by atoms with van der Waals surface area (Å²) in [7, 11) is 0. The van der Waals surface area contributed by atoms with Gasteiger partial charge in [-0.1, -0.05) is 48.5 Å². The number of hydrogen-bond acceptors (Lipinski definition) is 3. The molecule has 1 aliphatic carbocycles. The molecule has 2 aromatic heterocycles. The minimum absolute atomic E-state index is 0.00364. The summed E-state index contributed by atoms with van der Waals surface area (Å²) in [6.45, 7) is 2.44. The van der Waals surface area contributed by atoms with Gasteiger partial charge in [0.05, 0.1) is 16.7 Å². The van der Waals surface area contributed by atoms with Gasteiger partial charge in [-0.15, -0.1) is 0 Å². The van der Waals surface area contributed by atoms with Gasteiger partial charge < -0.3 is 10.2 Å². The quantitative estimate of drug-likeness (QED) is 0.487. The maximum Gasteiger partial charge on any atom is 0.318 e. The van der Waals surface area contributed by atoms with Crippen LogP contribution in [0.3, 0.4) is 0 Å². The number of urea groups is 1. The van der Waals surface area contributed by atoms with Gasteiger partial charge in [0, 0.05) is 47.9 Å². The summed E-state index contributed by atoms with van der Waals surface area (Å²) in [5.41, 5.74) is 5.30. The SMILES string of the molecule is O=C(NC1(c2ccccc2)CC1)N1CCC2(CCn3nc(-c4cnc5ccccc5c4)cc32)C1. The Morgan fingerprint density at radius 3 is 2.56 bits per heavy atom. The van der Waals surface area contributed by atoms with Crippen molar-refractivity contribution >= 4 is 16.9 Å². The van der Waals surface area contributed by atoms with Crippen LogP contribution >= 0.6 is 0 Å². The lowest BCUT2D eigenvalue weighted by molar-refractivity contribution is 0.200. The second-order valence-corrected chi connectivity index (χ2v) is 10.1. The lowest BCUT2D eigenvalue weighted by Crippen LogP contribution is -2.45. The van der Waals surface area contributed by atoms with E-state index in [1.807, 2.05) is 35.4 Å². The Bertz CT molecular complexity index is 1410. The van der Waals surface area contributed by atoms with E-state index in [4.69, 9.17) is 5.10 Å². The Balaban J connectivity index is 1.12. The fraction of sp³-hybridized carbons (Fsp3) is 0.321. The van der Waals surface area contributed by atoms with E-state index in [0.29, 0.717) is 0 Å². The first-order valence-corrected chi connectivity index (χ1v) is 12.2. The second-order valence-electron chi connectivity index (χ2n) is 10.1. The smallest absolute Gasteiger partial charge is 0.318 e. The second kappa shape index (κ2) is 7.16. The number of aromatic nitrogens is 3. The van der Waals surface area contributed by atoms with Gasteiger partial charge in [-0.3, -0.25) is 9.67 Å². The van der Waals surface area contributed by atoms with Gasteiger partial charge in [-0.2, -0.15) is 5.10 Å². The zero-order valence-electron chi connectivity index (χ0n) is 19.1. The first kappa shape index (κ1) is 19.8. The van der Waals surface area contributed by atoms with Crippen molar-refractivity contribution in [2.45, 2.75) is 43.2 Å². The van der Waals surface area contributed by atoms with Crippen LogP contribution in [-0.4, -0.2) is 38.8 Å². The topological polar surface area (TPSA) is 63.1 Å². The highest BCUT2D eigenvalue weighted by Crippen LogP contribution is 2.47. The molecule has 0 bridgehead atoms. The van der Waals surface area contributed by atoms with Crippen LogP contribution in [0, 0.1) is 0 Å². The monoisotopic (exact) mass is 449 g/mol. The van der Waals surface area contributed by atoms with Crippen molar-refractivity contribution in [3.05, 3.63) is 84.2 Å². The van der Waals surface area contributed by atoms with E-state index in [2.05, 4.69) is 57.4 Å². The lowest BCUT2D eigenvalue weighted by Gasteiger charge is -2.26. The van der Waals surface area contributed by atoms with Crippen LogP contribution in [0.25, 0.3) is 22.2 Å². The number of carbonyl (C=O) groups excluding carboxylic acids is 1. The predicted molar refractivity (Wildman–Crippen MR) is 131 cm³/mol. The predicted octanol–water partition coefficient (Wildman–Crippen LogP) is 4.84. The zero-order chi connectivity index (χ0) is 22.8. The van der Waals surface area contributed by atoms with Crippen LogP contribution in [0.2, 0.25) is 0 Å². The largest absolute Gasteiger partial charge is 0.328 e. The number of fused-ring (bicyclic) bond motifs is 3. The van der Waals surface area contributed by atoms with Gasteiger partial charge in [0.15, 0.2) is 0 Å². The number of benzene rings is 2. The van der Waals surface area contributed by atoms with E-state index >= 15 is 0 Å². The molecule has 1 N–H and O–H groups in total. The van der Waals surface area contributed by atoms with E-state index in [1.165, 1.54) is 11.3 Å². The van der Waals surface area contributed by atoms with Gasteiger partial charge in [0.2, 0.25) is 0 Å². The van der Waals surface area contributed by atoms with Crippen molar-refractivity contribution < 1.29 is 4.79 Å². The molecular weight excluding hydrogens is 422 g/mol. The van der Waals surface area contributed by atoms with Crippen molar-refractivity contribution in [2.24, 2.45) is 0 Å². The third kappa shape index (κ3) is 3.05. The van der Waals surface area contributed by atoms with Gasteiger partial charge in [-0.05, 0) is 49.4 Å². The fourth-order valence-corrected chi connectivity index (χ4v) is 5.92. The molecule has 7 rings (SSSR count). The first-order valence-electron chi connectivity index (χ1n) is 12.2. The number of para-hydroxylation sites is 1. The Morgan fingerprint density at radius 1 is 0.912 bits per heavy atom. The zero-order valence-corrected chi connectivity index (χ0v) is 19.1. The summed E-state index contributed by atoms with van der Waals surface area (Å²) in [6.07, 6.45) is 5.97. The maximum absolute atomic E-state index is 13.3. The van der Waals surface area contributed by atoms with Gasteiger partial charge in [0.1, 0.15) is 0 Å². The molecule has 3 aliphatic rings. The van der Waals surface area contributed by atoms with Gasteiger partial charge >= 0.3 is 6.03 Å². The molecule has 6 heteroatoms. The molecule has 34 heavy (non-hydrogen) atoms. The average Bonchev–Trinajstić information content (AvgIpc) is 3.21. The van der Waals surface area contributed by atoms with Gasteiger partial charge in [0.25, 0.3) is 0 Å². The summed E-state index contributed by atoms with van der Waals surface area (Å²) >= 11 is 0. The van der Waals surface area contributed by atoms with Crippen molar-refractivity contribution in [2.75, 3.05) is 13.1 Å². The molecule has 4 heterocycles. The van der Waals surface area contributed by atoms with Crippen molar-refractivity contribution in [1.29, 1.82) is 0 Å². The first-order chi connectivity index (χ1) is 16.6. The van der Waals surface area contributed by atoms with Crippen molar-refractivity contribution in [1.82, 2.24) is 25.0 Å². The molecule has 1 unspecified atom stereocenters. The number of pyridine rings is 1. The molecule has 2 fully saturated rings. The Labute approximate surface area is 198 Å². The normalized spacial score (nSPS) is 22.3. The Hall–Kier alpha value is -3.67. The van der Waals surface area contributed by atoms with Crippen LogP contribution in [0.4, 0.5) is 4.79 Å². The maximum atomic E-state index is 13.3. The molecule has 4 aromatic rings. The van der Waals surface area contributed by atoms with Crippen LogP contribution in [-0.2, 0) is 17.5 Å². The molecule has 170 valence electrons. The molecule has 1 spiro atoms. The number of likely N-dealkylation sites (tertiary alicyclic amines) is 1. The molecule has 6 nitrogen and oxygen atoms in total. The van der Waals surface area contributed by atoms with E-state index in [9.17, 15) is 4.79 Å². The average molecular weight is 450 g/mol. The van der Waals surface area contributed by atoms with Crippen LogP contribution in [0.15, 0.2) is 72.9 Å². The Morgan fingerprint density at radius 2 is 1.71 bits per heavy atom. The fourth-order valence-electron chi connectivity index (χ4n) is 5.92. The highest BCUT2D eigenvalue weighted by Gasteiger charge is 2.50. The summed E-state index contributed by atoms with van der Waals surface area (Å²) in [5.74, 6) is 0. The number of amides is 2. The molecule has 0 radical (unpaired) electrons. The molecular formula is C28H27N5O. The molecule has 1 saturated carbocycles. The number of nitrogens with one attached hydrogen (secondary N) is 1. The Kier molecular flexibility index (Phi) is 4.16. The molecule has 1 atom stereocenters. The summed E-state index contributed by atoms with van der Waals surface area (Å²) in [5, 5.41) is 9.41. The van der Waals surface area contributed by atoms with Crippen molar-refractivity contribution in [3.8, 4) is 11.3 Å². The van der Waals surface area contributed by atoms with Gasteiger partial charge in [-0.25, -0.2) is 4.79 Å². The molecule has 2 aliphatic heterocycles. The summed E-state index contributed by atoms with van der Waals surface area (Å²) < 4.78 is 2.15. The van der Waals surface area contributed by atoms with Crippen LogP contribution in [0.5, 0.6) is 0 Å².